The van der Waals surface area contributed by atoms with Crippen molar-refractivity contribution in [1.82, 2.24) is 5.32 Å². The third-order valence-electron chi connectivity index (χ3n) is 11.6. The highest BCUT2D eigenvalue weighted by Gasteiger charge is 2.76. The van der Waals surface area contributed by atoms with Gasteiger partial charge in [-0.3, -0.25) is 4.79 Å². The van der Waals surface area contributed by atoms with Crippen molar-refractivity contribution in [3.8, 4) is 0 Å². The number of ether oxygens (including phenoxy) is 4. The minimum absolute atomic E-state index is 0.0374. The van der Waals surface area contributed by atoms with Crippen molar-refractivity contribution < 1.29 is 63.7 Å². The number of carbonyl (C=O) groups is 4. The average Bonchev–Trinajstić information content (AvgIpc) is 3.06. The molecule has 0 aromatic heterocycles. The molecular formula is C38H51NO13. The summed E-state index contributed by atoms with van der Waals surface area (Å²) in [5.41, 5.74) is -6.82. The molecule has 0 radical (unpaired) electrons. The summed E-state index contributed by atoms with van der Waals surface area (Å²) in [6.45, 7) is 12.3. The molecule has 1 amide bonds. The van der Waals surface area contributed by atoms with Gasteiger partial charge in [0.25, 0.3) is 0 Å². The molecule has 14 nitrogen and oxygen atoms in total. The van der Waals surface area contributed by atoms with Crippen LogP contribution in [0, 0.1) is 16.7 Å². The third-order valence-corrected chi connectivity index (χ3v) is 11.6. The summed E-state index contributed by atoms with van der Waals surface area (Å²) in [7, 11) is 0. The number of aliphatic hydroxyl groups is 5. The Bertz CT molecular complexity index is 1650. The van der Waals surface area contributed by atoms with E-state index in [1.54, 1.807) is 59.7 Å². The summed E-state index contributed by atoms with van der Waals surface area (Å²) in [6, 6.07) is 6.60. The van der Waals surface area contributed by atoms with Crippen LogP contribution in [0.4, 0.5) is 4.79 Å². The van der Waals surface area contributed by atoms with Crippen LogP contribution in [0.15, 0.2) is 53.1 Å². The van der Waals surface area contributed by atoms with E-state index in [1.165, 1.54) is 32.1 Å². The lowest BCUT2D eigenvalue weighted by molar-refractivity contribution is -0.343. The SMILES string of the molecule is CC(C)=CC(NC(=O)OC(C)C)C(O)C(=O)OC1CC2(O)C(OC(=O)c3ccccc3)C3C4(O)COC4CC(O)[C@@]3(C)C(=O)C(O)C(=C1C)C2(C)C. The van der Waals surface area contributed by atoms with Crippen LogP contribution in [0.5, 0.6) is 0 Å². The predicted molar refractivity (Wildman–Crippen MR) is 183 cm³/mol. The Labute approximate surface area is 302 Å². The molecule has 14 heteroatoms. The molecule has 0 spiro atoms. The molecule has 1 aromatic carbocycles. The van der Waals surface area contributed by atoms with Crippen LogP contribution in [0.25, 0.3) is 0 Å². The molecule has 4 aliphatic rings. The standard InChI is InChI=1S/C38H51NO13/c1-18(2)14-22(39-34(46)50-19(3)4)27(41)33(45)51-23-16-38(48)31(52-32(44)21-12-10-9-11-13-21)29-36(8,24(40)15-25-37(29,47)17-49-25)30(43)28(42)26(20(23)5)35(38,6)7/h9-14,19,22-25,27-29,31,40-42,47-48H,15-17H2,1-8H3,(H,39,46)/t22?,23?,24?,25?,27?,28?,29?,31?,36-,37?,38?/m1/s1. The largest absolute Gasteiger partial charge is 0.456 e. The van der Waals surface area contributed by atoms with E-state index in [2.05, 4.69) is 5.32 Å². The van der Waals surface area contributed by atoms with Crippen molar-refractivity contribution in [2.24, 2.45) is 16.7 Å². The van der Waals surface area contributed by atoms with Gasteiger partial charge in [0.1, 0.15) is 29.5 Å². The number of ketones is 1. The highest BCUT2D eigenvalue weighted by Crippen LogP contribution is 2.63. The van der Waals surface area contributed by atoms with Gasteiger partial charge in [-0.25, -0.2) is 14.4 Å². The smallest absolute Gasteiger partial charge is 0.407 e. The first-order chi connectivity index (χ1) is 24.1. The first-order valence-electron chi connectivity index (χ1n) is 17.6. The fourth-order valence-electron chi connectivity index (χ4n) is 8.69. The summed E-state index contributed by atoms with van der Waals surface area (Å²) in [5, 5.41) is 62.5. The second kappa shape index (κ2) is 14.0. The van der Waals surface area contributed by atoms with E-state index >= 15 is 0 Å². The number of alkyl carbamates (subject to hydrolysis) is 1. The van der Waals surface area contributed by atoms with Crippen LogP contribution in [-0.4, -0.2) is 116 Å². The molecular weight excluding hydrogens is 678 g/mol. The van der Waals surface area contributed by atoms with E-state index in [-0.39, 0.29) is 29.7 Å². The highest BCUT2D eigenvalue weighted by atomic mass is 16.6. The van der Waals surface area contributed by atoms with Crippen LogP contribution in [0.2, 0.25) is 0 Å². The number of carbonyl (C=O) groups excluding carboxylic acids is 4. The second-order valence-electron chi connectivity index (χ2n) is 15.9. The number of esters is 2. The summed E-state index contributed by atoms with van der Waals surface area (Å²) in [6.07, 6.45) is -10.2. The summed E-state index contributed by atoms with van der Waals surface area (Å²) >= 11 is 0. The van der Waals surface area contributed by atoms with Crippen molar-refractivity contribution in [3.63, 3.8) is 0 Å². The number of amides is 1. The van der Waals surface area contributed by atoms with E-state index in [1.807, 2.05) is 0 Å². The number of Topliss-reactive ketones (excluding diaryl/α,β-unsaturated/α-hetero) is 1. The molecule has 286 valence electrons. The highest BCUT2D eigenvalue weighted by molar-refractivity contribution is 5.94. The maximum atomic E-state index is 14.6. The molecule has 1 heterocycles. The van der Waals surface area contributed by atoms with Crippen LogP contribution in [0.1, 0.15) is 78.6 Å². The van der Waals surface area contributed by atoms with Crippen LogP contribution in [0.3, 0.4) is 0 Å². The molecule has 3 aliphatic carbocycles. The van der Waals surface area contributed by atoms with Gasteiger partial charge in [-0.1, -0.05) is 43.7 Å². The molecule has 10 unspecified atom stereocenters. The third kappa shape index (κ3) is 6.36. The first kappa shape index (κ1) is 39.5. The number of hydrogen-bond donors (Lipinski definition) is 6. The predicted octanol–water partition coefficient (Wildman–Crippen LogP) is 1.89. The number of allylic oxidation sites excluding steroid dienone is 1. The summed E-state index contributed by atoms with van der Waals surface area (Å²) in [4.78, 5) is 54.6. The van der Waals surface area contributed by atoms with Crippen molar-refractivity contribution >= 4 is 23.8 Å². The van der Waals surface area contributed by atoms with Crippen molar-refractivity contribution in [1.29, 1.82) is 0 Å². The molecule has 11 atom stereocenters. The van der Waals surface area contributed by atoms with Crippen molar-refractivity contribution in [3.05, 3.63) is 58.7 Å². The number of benzene rings is 1. The fourth-order valence-corrected chi connectivity index (χ4v) is 8.69. The van der Waals surface area contributed by atoms with Gasteiger partial charge in [0, 0.05) is 24.2 Å². The Morgan fingerprint density at radius 3 is 2.23 bits per heavy atom. The number of nitrogens with one attached hydrogen (secondary N) is 1. The van der Waals surface area contributed by atoms with Gasteiger partial charge in [0.05, 0.1) is 41.9 Å². The number of fused-ring (bicyclic) bond motifs is 5. The van der Waals surface area contributed by atoms with Gasteiger partial charge in [-0.2, -0.15) is 0 Å². The Morgan fingerprint density at radius 2 is 1.67 bits per heavy atom. The van der Waals surface area contributed by atoms with Gasteiger partial charge in [-0.15, -0.1) is 0 Å². The van der Waals surface area contributed by atoms with Gasteiger partial charge >= 0.3 is 18.0 Å². The normalized spacial score (nSPS) is 36.1. The second-order valence-corrected chi connectivity index (χ2v) is 15.9. The molecule has 1 aromatic rings. The zero-order chi connectivity index (χ0) is 38.7. The molecule has 1 saturated heterocycles. The van der Waals surface area contributed by atoms with E-state index in [0.29, 0.717) is 5.57 Å². The van der Waals surface area contributed by atoms with Crippen molar-refractivity contribution in [2.45, 2.75) is 128 Å². The monoisotopic (exact) mass is 729 g/mol. The van der Waals surface area contributed by atoms with Crippen molar-refractivity contribution in [2.75, 3.05) is 6.61 Å². The molecule has 2 saturated carbocycles. The molecule has 2 bridgehead atoms. The minimum Gasteiger partial charge on any atom is -0.456 e. The Balaban J connectivity index is 1.63. The Morgan fingerprint density at radius 1 is 1.04 bits per heavy atom. The molecule has 52 heavy (non-hydrogen) atoms. The van der Waals surface area contributed by atoms with Gasteiger partial charge < -0.3 is 49.8 Å². The summed E-state index contributed by atoms with van der Waals surface area (Å²) < 4.78 is 22.8. The number of hydrogen-bond acceptors (Lipinski definition) is 13. The minimum atomic E-state index is -2.29. The van der Waals surface area contributed by atoms with E-state index < -0.39 is 107 Å². The van der Waals surface area contributed by atoms with Gasteiger partial charge in [0.15, 0.2) is 11.9 Å². The van der Waals surface area contributed by atoms with E-state index in [4.69, 9.17) is 18.9 Å². The zero-order valence-corrected chi connectivity index (χ0v) is 30.8. The Hall–Kier alpha value is -3.66. The van der Waals surface area contributed by atoms with E-state index in [9.17, 15) is 44.7 Å². The van der Waals surface area contributed by atoms with E-state index in [0.717, 1.165) is 0 Å². The average molecular weight is 730 g/mol. The molecule has 1 aliphatic heterocycles. The Kier molecular flexibility index (Phi) is 10.6. The lowest BCUT2D eigenvalue weighted by Gasteiger charge is -2.66. The van der Waals surface area contributed by atoms with Gasteiger partial charge in [0.2, 0.25) is 0 Å². The van der Waals surface area contributed by atoms with Crippen LogP contribution in [-0.2, 0) is 28.5 Å². The summed E-state index contributed by atoms with van der Waals surface area (Å²) in [5.74, 6) is -4.51. The fraction of sp³-hybridized carbons (Fsp3) is 0.632. The maximum absolute atomic E-state index is 14.6. The van der Waals surface area contributed by atoms with Gasteiger partial charge in [-0.05, 0) is 64.8 Å². The quantitative estimate of drug-likeness (QED) is 0.128. The molecule has 6 N–H and O–H groups in total. The number of rotatable bonds is 8. The topological polar surface area (TPSA) is 218 Å². The first-order valence-corrected chi connectivity index (χ1v) is 17.6. The van der Waals surface area contributed by atoms with Crippen LogP contribution < -0.4 is 5.32 Å². The lowest BCUT2D eigenvalue weighted by atomic mass is 9.44. The van der Waals surface area contributed by atoms with Crippen LogP contribution >= 0.6 is 0 Å². The maximum Gasteiger partial charge on any atom is 0.407 e. The molecule has 5 rings (SSSR count). The lowest BCUT2D eigenvalue weighted by Crippen LogP contribution is -2.81. The number of aliphatic hydroxyl groups excluding tert-OH is 3. The molecule has 3 fully saturated rings. The zero-order valence-electron chi connectivity index (χ0n) is 30.8.